The number of rotatable bonds is 6. The van der Waals surface area contributed by atoms with Gasteiger partial charge in [-0.3, -0.25) is 9.78 Å². The number of benzene rings is 1. The zero-order valence-corrected chi connectivity index (χ0v) is 13.6. The number of anilines is 1. The van der Waals surface area contributed by atoms with Gasteiger partial charge in [0.15, 0.2) is 0 Å². The van der Waals surface area contributed by atoms with E-state index in [1.807, 2.05) is 36.4 Å². The summed E-state index contributed by atoms with van der Waals surface area (Å²) in [5.41, 5.74) is 2.47. The van der Waals surface area contributed by atoms with Crippen LogP contribution in [0, 0.1) is 5.92 Å². The number of carbonyl (C=O) groups is 1. The lowest BCUT2D eigenvalue weighted by atomic mass is 10.1. The van der Waals surface area contributed by atoms with E-state index in [-0.39, 0.29) is 17.9 Å². The van der Waals surface area contributed by atoms with Crippen molar-refractivity contribution in [2.75, 3.05) is 11.9 Å². The lowest BCUT2D eigenvalue weighted by Gasteiger charge is -2.16. The first-order valence-corrected chi connectivity index (χ1v) is 8.42. The van der Waals surface area contributed by atoms with Gasteiger partial charge in [0.2, 0.25) is 0 Å². The number of hydrogen-bond acceptors (Lipinski definition) is 4. The number of para-hydroxylation sites is 1. The van der Waals surface area contributed by atoms with Crippen LogP contribution in [0.5, 0.6) is 0 Å². The van der Waals surface area contributed by atoms with E-state index in [1.54, 1.807) is 12.4 Å². The number of amides is 1. The van der Waals surface area contributed by atoms with Crippen LogP contribution in [0.2, 0.25) is 0 Å². The molecule has 2 aromatic rings. The van der Waals surface area contributed by atoms with Gasteiger partial charge in [0.25, 0.3) is 5.91 Å². The maximum atomic E-state index is 12.5. The molecule has 24 heavy (non-hydrogen) atoms. The molecule has 1 amide bonds. The van der Waals surface area contributed by atoms with E-state index in [9.17, 15) is 9.90 Å². The summed E-state index contributed by atoms with van der Waals surface area (Å²) in [6, 6.07) is 11.4. The zero-order valence-electron chi connectivity index (χ0n) is 13.6. The average molecular weight is 325 g/mol. The van der Waals surface area contributed by atoms with Crippen LogP contribution >= 0.6 is 0 Å². The fourth-order valence-corrected chi connectivity index (χ4v) is 3.11. The molecule has 5 nitrogen and oxygen atoms in total. The quantitative estimate of drug-likeness (QED) is 0.763. The topological polar surface area (TPSA) is 74.2 Å². The highest BCUT2D eigenvalue weighted by Crippen LogP contribution is 2.25. The number of hydrogen-bond donors (Lipinski definition) is 3. The fourth-order valence-electron chi connectivity index (χ4n) is 3.11. The van der Waals surface area contributed by atoms with E-state index in [2.05, 4.69) is 15.6 Å². The van der Waals surface area contributed by atoms with E-state index in [1.165, 1.54) is 0 Å². The second-order valence-electron chi connectivity index (χ2n) is 6.23. The molecular weight excluding hydrogens is 302 g/mol. The summed E-state index contributed by atoms with van der Waals surface area (Å²) in [4.78, 5) is 16.6. The van der Waals surface area contributed by atoms with Crippen LogP contribution in [0.1, 0.15) is 35.2 Å². The molecule has 1 fully saturated rings. The number of nitrogens with zero attached hydrogens (tertiary/aromatic N) is 1. The Morgan fingerprint density at radius 2 is 2.08 bits per heavy atom. The highest BCUT2D eigenvalue weighted by Gasteiger charge is 2.25. The van der Waals surface area contributed by atoms with Crippen molar-refractivity contribution in [1.82, 2.24) is 10.3 Å². The molecule has 3 rings (SSSR count). The van der Waals surface area contributed by atoms with Crippen LogP contribution in [0.25, 0.3) is 0 Å². The Balaban J connectivity index is 1.61. The van der Waals surface area contributed by atoms with Crippen molar-refractivity contribution in [3.8, 4) is 0 Å². The number of carbonyl (C=O) groups excluding carboxylic acids is 1. The number of aliphatic hydroxyl groups is 1. The van der Waals surface area contributed by atoms with Gasteiger partial charge < -0.3 is 15.7 Å². The summed E-state index contributed by atoms with van der Waals surface area (Å²) in [5, 5.41) is 16.1. The Kier molecular flexibility index (Phi) is 5.43. The molecule has 2 atom stereocenters. The Morgan fingerprint density at radius 3 is 2.83 bits per heavy atom. The predicted octanol–water partition coefficient (Wildman–Crippen LogP) is 2.58. The molecule has 0 bridgehead atoms. The van der Waals surface area contributed by atoms with Crippen molar-refractivity contribution in [2.45, 2.75) is 31.9 Å². The van der Waals surface area contributed by atoms with Gasteiger partial charge >= 0.3 is 0 Å². The van der Waals surface area contributed by atoms with E-state index >= 15 is 0 Å². The molecule has 1 heterocycles. The molecule has 1 saturated carbocycles. The predicted molar refractivity (Wildman–Crippen MR) is 93.7 cm³/mol. The third-order valence-electron chi connectivity index (χ3n) is 4.52. The van der Waals surface area contributed by atoms with E-state index < -0.39 is 0 Å². The molecule has 0 spiro atoms. The van der Waals surface area contributed by atoms with E-state index in [4.69, 9.17) is 0 Å². The van der Waals surface area contributed by atoms with Gasteiger partial charge in [0, 0.05) is 37.1 Å². The molecule has 0 radical (unpaired) electrons. The normalized spacial score (nSPS) is 19.9. The summed E-state index contributed by atoms with van der Waals surface area (Å²) < 4.78 is 0. The lowest BCUT2D eigenvalue weighted by Crippen LogP contribution is -2.32. The molecule has 1 aromatic carbocycles. The Hall–Kier alpha value is -2.40. The van der Waals surface area contributed by atoms with Crippen LogP contribution in [-0.4, -0.2) is 28.6 Å². The number of pyridine rings is 1. The van der Waals surface area contributed by atoms with Gasteiger partial charge in [0.05, 0.1) is 11.7 Å². The van der Waals surface area contributed by atoms with Crippen LogP contribution in [0.3, 0.4) is 0 Å². The molecule has 1 aliphatic carbocycles. The minimum absolute atomic E-state index is 0.108. The van der Waals surface area contributed by atoms with Crippen molar-refractivity contribution in [3.05, 3.63) is 59.9 Å². The van der Waals surface area contributed by atoms with Gasteiger partial charge in [0.1, 0.15) is 0 Å². The highest BCUT2D eigenvalue weighted by molar-refractivity contribution is 5.99. The first-order valence-electron chi connectivity index (χ1n) is 8.42. The Morgan fingerprint density at radius 1 is 1.21 bits per heavy atom. The fraction of sp³-hybridized carbons (Fsp3) is 0.368. The van der Waals surface area contributed by atoms with Crippen molar-refractivity contribution >= 4 is 11.6 Å². The average Bonchev–Trinajstić information content (AvgIpc) is 3.04. The second kappa shape index (κ2) is 7.93. The van der Waals surface area contributed by atoms with Crippen LogP contribution in [0.15, 0.2) is 48.8 Å². The molecule has 5 heteroatoms. The maximum absolute atomic E-state index is 12.5. The van der Waals surface area contributed by atoms with E-state index in [0.717, 1.165) is 30.5 Å². The molecule has 1 aromatic heterocycles. The lowest BCUT2D eigenvalue weighted by molar-refractivity contribution is 0.0917. The number of nitrogens with one attached hydrogen (secondary N) is 2. The summed E-state index contributed by atoms with van der Waals surface area (Å²) in [6.07, 6.45) is 6.10. The van der Waals surface area contributed by atoms with Crippen molar-refractivity contribution in [2.24, 2.45) is 5.92 Å². The van der Waals surface area contributed by atoms with Gasteiger partial charge in [-0.25, -0.2) is 0 Å². The summed E-state index contributed by atoms with van der Waals surface area (Å²) in [7, 11) is 0. The third kappa shape index (κ3) is 4.11. The van der Waals surface area contributed by atoms with E-state index in [0.29, 0.717) is 18.7 Å². The molecule has 2 unspecified atom stereocenters. The summed E-state index contributed by atoms with van der Waals surface area (Å²) in [5.74, 6) is 0.0628. The second-order valence-corrected chi connectivity index (χ2v) is 6.23. The third-order valence-corrected chi connectivity index (χ3v) is 4.52. The minimum Gasteiger partial charge on any atom is -0.393 e. The Labute approximate surface area is 142 Å². The first kappa shape index (κ1) is 16.5. The first-order chi connectivity index (χ1) is 11.7. The number of aliphatic hydroxyl groups excluding tert-OH is 1. The smallest absolute Gasteiger partial charge is 0.253 e. The maximum Gasteiger partial charge on any atom is 0.253 e. The van der Waals surface area contributed by atoms with Gasteiger partial charge in [-0.15, -0.1) is 0 Å². The molecule has 126 valence electrons. The van der Waals surface area contributed by atoms with Crippen molar-refractivity contribution in [1.29, 1.82) is 0 Å². The SMILES string of the molecule is O=C(NCC1CCCC1O)c1ccccc1NCc1cccnc1. The number of aromatic nitrogens is 1. The Bertz CT molecular complexity index is 675. The molecule has 3 N–H and O–H groups in total. The van der Waals surface area contributed by atoms with Gasteiger partial charge in [-0.2, -0.15) is 0 Å². The zero-order chi connectivity index (χ0) is 16.8. The van der Waals surface area contributed by atoms with Crippen LogP contribution in [-0.2, 0) is 6.54 Å². The summed E-state index contributed by atoms with van der Waals surface area (Å²) >= 11 is 0. The van der Waals surface area contributed by atoms with Gasteiger partial charge in [-0.05, 0) is 36.6 Å². The largest absolute Gasteiger partial charge is 0.393 e. The summed E-state index contributed by atoms with van der Waals surface area (Å²) in [6.45, 7) is 1.14. The van der Waals surface area contributed by atoms with Crippen LogP contribution < -0.4 is 10.6 Å². The van der Waals surface area contributed by atoms with Crippen molar-refractivity contribution in [3.63, 3.8) is 0 Å². The monoisotopic (exact) mass is 325 g/mol. The van der Waals surface area contributed by atoms with Crippen molar-refractivity contribution < 1.29 is 9.90 Å². The van der Waals surface area contributed by atoms with Gasteiger partial charge in [-0.1, -0.05) is 24.6 Å². The van der Waals surface area contributed by atoms with Crippen LogP contribution in [0.4, 0.5) is 5.69 Å². The molecular formula is C19H23N3O2. The molecule has 0 aliphatic heterocycles. The minimum atomic E-state index is -0.288. The molecule has 0 saturated heterocycles. The standard InChI is InChI=1S/C19H23N3O2/c23-18-9-3-6-15(18)13-22-19(24)16-7-1-2-8-17(16)21-12-14-5-4-10-20-11-14/h1-2,4-5,7-8,10-11,15,18,21,23H,3,6,9,12-13H2,(H,22,24). The highest BCUT2D eigenvalue weighted by atomic mass is 16.3. The molecule has 1 aliphatic rings.